The Morgan fingerprint density at radius 3 is 2.85 bits per heavy atom. The van der Waals surface area contributed by atoms with E-state index in [-0.39, 0.29) is 0 Å². The maximum Gasteiger partial charge on any atom is 0.173 e. The zero-order chi connectivity index (χ0) is 14.5. The Morgan fingerprint density at radius 1 is 1.50 bits per heavy atom. The van der Waals surface area contributed by atoms with Crippen molar-refractivity contribution in [3.63, 3.8) is 0 Å². The van der Waals surface area contributed by atoms with Crippen LogP contribution in [0.15, 0.2) is 18.2 Å². The molecule has 1 aliphatic rings. The minimum Gasteiger partial charge on any atom is -0.495 e. The molecule has 0 atom stereocenters. The molecule has 1 fully saturated rings. The molecule has 1 saturated carbocycles. The molecule has 0 saturated heterocycles. The summed E-state index contributed by atoms with van der Waals surface area (Å²) < 4.78 is 5.34. The second-order valence-corrected chi connectivity index (χ2v) is 5.99. The molecule has 0 unspecified atom stereocenters. The van der Waals surface area contributed by atoms with Crippen LogP contribution in [-0.2, 0) is 0 Å². The number of methoxy groups -OCH3 is 1. The van der Waals surface area contributed by atoms with E-state index in [1.807, 2.05) is 18.2 Å². The van der Waals surface area contributed by atoms with Crippen molar-refractivity contribution in [1.29, 1.82) is 0 Å². The van der Waals surface area contributed by atoms with Gasteiger partial charge in [-0.2, -0.15) is 0 Å². The fourth-order valence-electron chi connectivity index (χ4n) is 2.13. The first-order valence-corrected chi connectivity index (χ1v) is 7.82. The van der Waals surface area contributed by atoms with Crippen molar-refractivity contribution in [2.45, 2.75) is 26.2 Å². The van der Waals surface area contributed by atoms with Gasteiger partial charge in [-0.05, 0) is 55.6 Å². The molecule has 0 spiro atoms. The van der Waals surface area contributed by atoms with Gasteiger partial charge in [0.25, 0.3) is 0 Å². The predicted octanol–water partition coefficient (Wildman–Crippen LogP) is 4.17. The van der Waals surface area contributed by atoms with Crippen molar-refractivity contribution in [2.75, 3.05) is 25.5 Å². The van der Waals surface area contributed by atoms with Crippen LogP contribution < -0.4 is 10.1 Å². The molecule has 3 nitrogen and oxygen atoms in total. The molecule has 0 aliphatic heterocycles. The van der Waals surface area contributed by atoms with Gasteiger partial charge in [-0.15, -0.1) is 0 Å². The molecule has 0 radical (unpaired) electrons. The van der Waals surface area contributed by atoms with Crippen molar-refractivity contribution in [1.82, 2.24) is 4.90 Å². The molecule has 5 heteroatoms. The lowest BCUT2D eigenvalue weighted by Gasteiger charge is -2.26. The molecule has 0 heterocycles. The highest BCUT2D eigenvalue weighted by molar-refractivity contribution is 7.80. The number of rotatable bonds is 6. The molecule has 1 aliphatic carbocycles. The number of thiocarbonyl (C=S) groups is 1. The molecule has 2 rings (SSSR count). The van der Waals surface area contributed by atoms with E-state index in [1.165, 1.54) is 12.8 Å². The number of halogens is 1. The van der Waals surface area contributed by atoms with Crippen LogP contribution in [0.5, 0.6) is 5.75 Å². The number of ether oxygens (including phenoxy) is 1. The molecule has 0 bridgehead atoms. The first-order valence-electron chi connectivity index (χ1n) is 7.03. The van der Waals surface area contributed by atoms with Gasteiger partial charge in [0.05, 0.1) is 12.8 Å². The summed E-state index contributed by atoms with van der Waals surface area (Å²) in [6.45, 7) is 4.19. The van der Waals surface area contributed by atoms with Gasteiger partial charge in [0.2, 0.25) is 0 Å². The predicted molar refractivity (Wildman–Crippen MR) is 88.8 cm³/mol. The van der Waals surface area contributed by atoms with E-state index in [0.29, 0.717) is 5.02 Å². The molecular formula is C15H21ClN2OS. The minimum atomic E-state index is 0.667. The van der Waals surface area contributed by atoms with Gasteiger partial charge in [-0.3, -0.25) is 0 Å². The third kappa shape index (κ3) is 4.25. The lowest BCUT2D eigenvalue weighted by atomic mass is 10.3. The number of anilines is 1. The third-order valence-electron chi connectivity index (χ3n) is 3.36. The number of nitrogens with one attached hydrogen (secondary N) is 1. The lowest BCUT2D eigenvalue weighted by Crippen LogP contribution is -2.37. The van der Waals surface area contributed by atoms with E-state index in [0.717, 1.165) is 42.0 Å². The van der Waals surface area contributed by atoms with Gasteiger partial charge in [0.1, 0.15) is 5.75 Å². The lowest BCUT2D eigenvalue weighted by molar-refractivity contribution is 0.403. The van der Waals surface area contributed by atoms with E-state index < -0.39 is 0 Å². The van der Waals surface area contributed by atoms with E-state index in [4.69, 9.17) is 28.6 Å². The Morgan fingerprint density at radius 2 is 2.25 bits per heavy atom. The summed E-state index contributed by atoms with van der Waals surface area (Å²) >= 11 is 11.6. The first kappa shape index (κ1) is 15.4. The SMILES string of the molecule is CCCN(CC1CC1)C(=S)Nc1cc(Cl)ccc1OC. The maximum absolute atomic E-state index is 6.04. The van der Waals surface area contributed by atoms with Crippen molar-refractivity contribution in [3.05, 3.63) is 23.2 Å². The van der Waals surface area contributed by atoms with Crippen molar-refractivity contribution < 1.29 is 4.74 Å². The summed E-state index contributed by atoms with van der Waals surface area (Å²) in [5.41, 5.74) is 0.821. The topological polar surface area (TPSA) is 24.5 Å². The van der Waals surface area contributed by atoms with E-state index in [9.17, 15) is 0 Å². The second-order valence-electron chi connectivity index (χ2n) is 5.16. The maximum atomic E-state index is 6.04. The van der Waals surface area contributed by atoms with Crippen LogP contribution in [0, 0.1) is 5.92 Å². The normalized spacial score (nSPS) is 13.9. The Kier molecular flexibility index (Phi) is 5.49. The van der Waals surface area contributed by atoms with Crippen LogP contribution in [0.3, 0.4) is 0 Å². The first-order chi connectivity index (χ1) is 9.63. The zero-order valence-corrected chi connectivity index (χ0v) is 13.6. The number of hydrogen-bond donors (Lipinski definition) is 1. The third-order valence-corrected chi connectivity index (χ3v) is 3.95. The van der Waals surface area contributed by atoms with Crippen LogP contribution in [-0.4, -0.2) is 30.2 Å². The van der Waals surface area contributed by atoms with E-state index in [1.54, 1.807) is 7.11 Å². The Balaban J connectivity index is 2.06. The standard InChI is InChI=1S/C15H21ClN2OS/c1-3-8-18(10-11-4-5-11)15(20)17-13-9-12(16)6-7-14(13)19-2/h6-7,9,11H,3-5,8,10H2,1-2H3,(H,17,20). The highest BCUT2D eigenvalue weighted by atomic mass is 35.5. The molecule has 0 aromatic heterocycles. The average Bonchev–Trinajstić information content (AvgIpc) is 3.22. The Hall–Kier alpha value is -1.00. The highest BCUT2D eigenvalue weighted by Crippen LogP contribution is 2.31. The molecule has 1 N–H and O–H groups in total. The van der Waals surface area contributed by atoms with Crippen LogP contribution in [0.4, 0.5) is 5.69 Å². The quantitative estimate of drug-likeness (QED) is 0.797. The fraction of sp³-hybridized carbons (Fsp3) is 0.533. The van der Waals surface area contributed by atoms with Gasteiger partial charge < -0.3 is 15.0 Å². The Bertz CT molecular complexity index is 477. The summed E-state index contributed by atoms with van der Waals surface area (Å²) in [6.07, 6.45) is 3.73. The molecule has 0 amide bonds. The minimum absolute atomic E-state index is 0.667. The molecule has 110 valence electrons. The van der Waals surface area contributed by atoms with Gasteiger partial charge >= 0.3 is 0 Å². The molecule has 1 aromatic rings. The van der Waals surface area contributed by atoms with Gasteiger partial charge in [-0.25, -0.2) is 0 Å². The Labute approximate surface area is 131 Å². The summed E-state index contributed by atoms with van der Waals surface area (Å²) in [4.78, 5) is 2.24. The number of benzene rings is 1. The van der Waals surface area contributed by atoms with E-state index in [2.05, 4.69) is 17.1 Å². The number of hydrogen-bond acceptors (Lipinski definition) is 2. The zero-order valence-electron chi connectivity index (χ0n) is 12.0. The second kappa shape index (κ2) is 7.14. The van der Waals surface area contributed by atoms with Gasteiger partial charge in [0, 0.05) is 18.1 Å². The highest BCUT2D eigenvalue weighted by Gasteiger charge is 2.25. The average molecular weight is 313 g/mol. The molecular weight excluding hydrogens is 292 g/mol. The van der Waals surface area contributed by atoms with Crippen LogP contribution in [0.25, 0.3) is 0 Å². The largest absolute Gasteiger partial charge is 0.495 e. The summed E-state index contributed by atoms with van der Waals surface area (Å²) in [5, 5.41) is 4.68. The monoisotopic (exact) mass is 312 g/mol. The van der Waals surface area contributed by atoms with Gasteiger partial charge in [0.15, 0.2) is 5.11 Å². The summed E-state index contributed by atoms with van der Waals surface area (Å²) in [6, 6.07) is 5.49. The fourth-order valence-corrected chi connectivity index (χ4v) is 2.58. The van der Waals surface area contributed by atoms with Crippen LogP contribution in [0.1, 0.15) is 26.2 Å². The van der Waals surface area contributed by atoms with E-state index >= 15 is 0 Å². The summed E-state index contributed by atoms with van der Waals surface area (Å²) in [7, 11) is 1.64. The van der Waals surface area contributed by atoms with Crippen molar-refractivity contribution >= 4 is 34.6 Å². The van der Waals surface area contributed by atoms with Gasteiger partial charge in [-0.1, -0.05) is 18.5 Å². The van der Waals surface area contributed by atoms with Crippen molar-refractivity contribution in [2.24, 2.45) is 5.92 Å². The molecule has 1 aromatic carbocycles. The van der Waals surface area contributed by atoms with Crippen molar-refractivity contribution in [3.8, 4) is 5.75 Å². The summed E-state index contributed by atoms with van der Waals surface area (Å²) in [5.74, 6) is 1.56. The number of nitrogens with zero attached hydrogens (tertiary/aromatic N) is 1. The van der Waals surface area contributed by atoms with Crippen LogP contribution in [0.2, 0.25) is 5.02 Å². The smallest absolute Gasteiger partial charge is 0.173 e. The molecule has 20 heavy (non-hydrogen) atoms. The van der Waals surface area contributed by atoms with Crippen LogP contribution >= 0.6 is 23.8 Å².